The first kappa shape index (κ1) is 12.6. The van der Waals surface area contributed by atoms with Gasteiger partial charge in [0.15, 0.2) is 0 Å². The van der Waals surface area contributed by atoms with E-state index in [1.165, 1.54) is 7.11 Å². The quantitative estimate of drug-likeness (QED) is 0.638. The van der Waals surface area contributed by atoms with Gasteiger partial charge in [-0.25, -0.2) is 0 Å². The summed E-state index contributed by atoms with van der Waals surface area (Å²) in [5.74, 6) is 0.509. The van der Waals surface area contributed by atoms with Crippen LogP contribution in [0.1, 0.15) is 27.2 Å². The summed E-state index contributed by atoms with van der Waals surface area (Å²) in [5.41, 5.74) is 0. The number of hydrogen-bond acceptors (Lipinski definition) is 3. The molecule has 0 aliphatic carbocycles. The molecule has 2 atom stereocenters. The zero-order valence-corrected chi connectivity index (χ0v) is 9.52. The van der Waals surface area contributed by atoms with Crippen LogP contribution >= 0.6 is 0 Å². The van der Waals surface area contributed by atoms with Crippen molar-refractivity contribution in [2.75, 3.05) is 12.9 Å². The van der Waals surface area contributed by atoms with Gasteiger partial charge >= 0.3 is 5.97 Å². The van der Waals surface area contributed by atoms with Gasteiger partial charge in [0.2, 0.25) is 0 Å². The van der Waals surface area contributed by atoms with Gasteiger partial charge in [0, 0.05) is 21.8 Å². The van der Waals surface area contributed by atoms with E-state index in [-0.39, 0.29) is 17.6 Å². The van der Waals surface area contributed by atoms with Crippen molar-refractivity contribution in [2.24, 2.45) is 5.92 Å². The van der Waals surface area contributed by atoms with Crippen LogP contribution in [-0.4, -0.2) is 28.3 Å². The van der Waals surface area contributed by atoms with E-state index < -0.39 is 10.8 Å². The molecule has 0 amide bonds. The maximum Gasteiger partial charge on any atom is 0.306 e. The first-order valence-electron chi connectivity index (χ1n) is 4.43. The van der Waals surface area contributed by atoms with Gasteiger partial charge in [-0.1, -0.05) is 20.8 Å². The predicted octanol–water partition coefficient (Wildman–Crippen LogP) is 1.34. The Morgan fingerprint density at radius 2 is 1.92 bits per heavy atom. The lowest BCUT2D eigenvalue weighted by atomic mass is 10.2. The Hall–Kier alpha value is -0.380. The minimum atomic E-state index is -0.918. The molecule has 78 valence electrons. The summed E-state index contributed by atoms with van der Waals surface area (Å²) >= 11 is 0. The summed E-state index contributed by atoms with van der Waals surface area (Å²) in [7, 11) is 0.426. The van der Waals surface area contributed by atoms with E-state index in [1.54, 1.807) is 0 Å². The molecular formula is C9H18O3S. The molecule has 13 heavy (non-hydrogen) atoms. The van der Waals surface area contributed by atoms with E-state index in [1.807, 2.05) is 20.8 Å². The normalized spacial score (nSPS) is 15.5. The number of ether oxygens (including phenoxy) is 1. The van der Waals surface area contributed by atoms with Crippen LogP contribution in [0.5, 0.6) is 0 Å². The summed E-state index contributed by atoms with van der Waals surface area (Å²) in [6.45, 7) is 6.00. The first-order chi connectivity index (χ1) is 5.99. The monoisotopic (exact) mass is 206 g/mol. The van der Waals surface area contributed by atoms with Crippen LogP contribution in [0.2, 0.25) is 0 Å². The number of carbonyl (C=O) groups is 1. The van der Waals surface area contributed by atoms with Crippen LogP contribution < -0.4 is 0 Å². The molecule has 0 aromatic carbocycles. The van der Waals surface area contributed by atoms with E-state index >= 15 is 0 Å². The molecule has 0 aromatic rings. The Morgan fingerprint density at radius 1 is 1.38 bits per heavy atom. The minimum Gasteiger partial charge on any atom is -0.469 e. The van der Waals surface area contributed by atoms with Crippen molar-refractivity contribution in [3.8, 4) is 0 Å². The molecule has 0 rings (SSSR count). The van der Waals surface area contributed by atoms with E-state index in [0.29, 0.717) is 11.7 Å². The fraction of sp³-hybridized carbons (Fsp3) is 0.889. The molecule has 0 N–H and O–H groups in total. The van der Waals surface area contributed by atoms with Gasteiger partial charge in [0.05, 0.1) is 13.5 Å². The van der Waals surface area contributed by atoms with Crippen molar-refractivity contribution in [3.05, 3.63) is 0 Å². The number of rotatable bonds is 5. The smallest absolute Gasteiger partial charge is 0.306 e. The fourth-order valence-electron chi connectivity index (χ4n) is 0.775. The Bertz CT molecular complexity index is 189. The van der Waals surface area contributed by atoms with Gasteiger partial charge in [-0.2, -0.15) is 0 Å². The SMILES string of the molecule is COC(=O)CCS(=O)C(C)C(C)C. The highest BCUT2D eigenvalue weighted by Crippen LogP contribution is 2.09. The molecule has 0 saturated heterocycles. The molecule has 0 saturated carbocycles. The molecule has 0 aliphatic heterocycles. The van der Waals surface area contributed by atoms with E-state index in [2.05, 4.69) is 4.74 Å². The van der Waals surface area contributed by atoms with Crippen molar-refractivity contribution in [3.63, 3.8) is 0 Å². The Kier molecular flexibility index (Phi) is 5.95. The van der Waals surface area contributed by atoms with Gasteiger partial charge in [-0.05, 0) is 5.92 Å². The Labute approximate surface area is 82.3 Å². The van der Waals surface area contributed by atoms with Crippen molar-refractivity contribution < 1.29 is 13.7 Å². The highest BCUT2D eigenvalue weighted by Gasteiger charge is 2.15. The van der Waals surface area contributed by atoms with Gasteiger partial charge in [-0.3, -0.25) is 9.00 Å². The summed E-state index contributed by atoms with van der Waals surface area (Å²) in [4.78, 5) is 10.8. The second-order valence-corrected chi connectivity index (χ2v) is 5.27. The van der Waals surface area contributed by atoms with Gasteiger partial charge in [0.1, 0.15) is 0 Å². The van der Waals surface area contributed by atoms with Crippen LogP contribution in [0.4, 0.5) is 0 Å². The predicted molar refractivity (Wildman–Crippen MR) is 53.9 cm³/mol. The molecule has 0 aliphatic rings. The summed E-state index contributed by atoms with van der Waals surface area (Å²) < 4.78 is 16.0. The van der Waals surface area contributed by atoms with E-state index in [4.69, 9.17) is 0 Å². The minimum absolute atomic E-state index is 0.143. The average molecular weight is 206 g/mol. The van der Waals surface area contributed by atoms with Crippen LogP contribution in [0, 0.1) is 5.92 Å². The van der Waals surface area contributed by atoms with Crippen LogP contribution in [-0.2, 0) is 20.3 Å². The van der Waals surface area contributed by atoms with Crippen molar-refractivity contribution in [1.82, 2.24) is 0 Å². The molecule has 0 aromatic heterocycles. The number of methoxy groups -OCH3 is 1. The molecule has 0 spiro atoms. The lowest BCUT2D eigenvalue weighted by Crippen LogP contribution is -2.21. The second kappa shape index (κ2) is 6.13. The highest BCUT2D eigenvalue weighted by molar-refractivity contribution is 7.85. The third-order valence-electron chi connectivity index (χ3n) is 2.09. The Morgan fingerprint density at radius 3 is 2.31 bits per heavy atom. The van der Waals surface area contributed by atoms with Crippen molar-refractivity contribution in [1.29, 1.82) is 0 Å². The highest BCUT2D eigenvalue weighted by atomic mass is 32.2. The standard InChI is InChI=1S/C9H18O3S/c1-7(2)8(3)13(11)6-5-9(10)12-4/h7-8H,5-6H2,1-4H3. The van der Waals surface area contributed by atoms with E-state index in [0.717, 1.165) is 0 Å². The number of esters is 1. The summed E-state index contributed by atoms with van der Waals surface area (Å²) in [6.07, 6.45) is 0.250. The van der Waals surface area contributed by atoms with Crippen LogP contribution in [0.3, 0.4) is 0 Å². The maximum atomic E-state index is 11.5. The molecule has 3 nitrogen and oxygen atoms in total. The third-order valence-corrected chi connectivity index (χ3v) is 4.07. The van der Waals surface area contributed by atoms with Crippen LogP contribution in [0.15, 0.2) is 0 Å². The van der Waals surface area contributed by atoms with Gasteiger partial charge < -0.3 is 4.74 Å². The van der Waals surface area contributed by atoms with Crippen molar-refractivity contribution in [2.45, 2.75) is 32.4 Å². The fourth-order valence-corrected chi connectivity index (χ4v) is 2.12. The topological polar surface area (TPSA) is 43.4 Å². The molecule has 0 fully saturated rings. The van der Waals surface area contributed by atoms with Crippen molar-refractivity contribution >= 4 is 16.8 Å². The summed E-state index contributed by atoms with van der Waals surface area (Å²) in [6, 6.07) is 0. The molecule has 0 radical (unpaired) electrons. The zero-order valence-electron chi connectivity index (χ0n) is 8.70. The Balaban J connectivity index is 3.81. The lowest BCUT2D eigenvalue weighted by molar-refractivity contribution is -0.140. The third kappa shape index (κ3) is 5.03. The van der Waals surface area contributed by atoms with Gasteiger partial charge in [0.25, 0.3) is 0 Å². The molecule has 4 heteroatoms. The summed E-state index contributed by atoms with van der Waals surface area (Å²) in [5, 5.41) is 0.143. The average Bonchev–Trinajstić information content (AvgIpc) is 2.11. The van der Waals surface area contributed by atoms with Crippen LogP contribution in [0.25, 0.3) is 0 Å². The number of carbonyl (C=O) groups excluding carboxylic acids is 1. The zero-order chi connectivity index (χ0) is 10.4. The van der Waals surface area contributed by atoms with E-state index in [9.17, 15) is 9.00 Å². The molecule has 2 unspecified atom stereocenters. The maximum absolute atomic E-state index is 11.5. The molecule has 0 bridgehead atoms. The first-order valence-corrected chi connectivity index (χ1v) is 5.81. The molecular weight excluding hydrogens is 188 g/mol. The largest absolute Gasteiger partial charge is 0.469 e. The van der Waals surface area contributed by atoms with Gasteiger partial charge in [-0.15, -0.1) is 0 Å². The second-order valence-electron chi connectivity index (χ2n) is 3.36. The lowest BCUT2D eigenvalue weighted by Gasteiger charge is -2.14. The molecule has 0 heterocycles. The number of hydrogen-bond donors (Lipinski definition) is 0.